The Bertz CT molecular complexity index is 769. The molecule has 1 saturated carbocycles. The highest BCUT2D eigenvalue weighted by molar-refractivity contribution is 5.84. The van der Waals surface area contributed by atoms with Crippen LogP contribution in [0.2, 0.25) is 0 Å². The molecule has 0 atom stereocenters. The number of hydrogen-bond acceptors (Lipinski definition) is 2. The van der Waals surface area contributed by atoms with Crippen molar-refractivity contribution in [2.24, 2.45) is 0 Å². The quantitative estimate of drug-likeness (QED) is 0.836. The Labute approximate surface area is 102 Å². The zero-order valence-electron chi connectivity index (χ0n) is 10.2. The van der Waals surface area contributed by atoms with Crippen molar-refractivity contribution >= 4 is 10.9 Å². The van der Waals surface area contributed by atoms with E-state index in [9.17, 15) is 14.0 Å². The lowest BCUT2D eigenvalue weighted by molar-refractivity contribution is 0.617. The SMILES string of the molecule is Cc1c(F)cc(C)c2c1c(=O)[nH]c(=O)n2C1CC1. The average molecular weight is 248 g/mol. The molecule has 5 heteroatoms. The lowest BCUT2D eigenvalue weighted by Gasteiger charge is -2.12. The van der Waals surface area contributed by atoms with E-state index < -0.39 is 17.1 Å². The summed E-state index contributed by atoms with van der Waals surface area (Å²) >= 11 is 0. The predicted octanol–water partition coefficient (Wildman–Crippen LogP) is 1.78. The van der Waals surface area contributed by atoms with Crippen LogP contribution in [0.15, 0.2) is 15.7 Å². The number of hydrogen-bond donors (Lipinski definition) is 1. The second-order valence-electron chi connectivity index (χ2n) is 4.88. The Morgan fingerprint density at radius 3 is 2.61 bits per heavy atom. The first kappa shape index (κ1) is 11.2. The molecule has 1 aliphatic carbocycles. The number of H-pyrrole nitrogens is 1. The third kappa shape index (κ3) is 1.43. The van der Waals surface area contributed by atoms with Gasteiger partial charge in [-0.15, -0.1) is 0 Å². The van der Waals surface area contributed by atoms with E-state index in [1.807, 2.05) is 0 Å². The number of benzene rings is 1. The van der Waals surface area contributed by atoms with Gasteiger partial charge < -0.3 is 0 Å². The fourth-order valence-electron chi connectivity index (χ4n) is 2.45. The molecule has 2 aromatic rings. The first-order valence-corrected chi connectivity index (χ1v) is 5.95. The summed E-state index contributed by atoms with van der Waals surface area (Å²) < 4.78 is 15.3. The van der Waals surface area contributed by atoms with Crippen molar-refractivity contribution in [3.63, 3.8) is 0 Å². The molecule has 3 rings (SSSR count). The van der Waals surface area contributed by atoms with Gasteiger partial charge in [0.2, 0.25) is 0 Å². The molecule has 18 heavy (non-hydrogen) atoms. The maximum atomic E-state index is 13.7. The van der Waals surface area contributed by atoms with Gasteiger partial charge in [0.05, 0.1) is 10.9 Å². The summed E-state index contributed by atoms with van der Waals surface area (Å²) in [4.78, 5) is 26.1. The molecule has 1 aliphatic rings. The lowest BCUT2D eigenvalue weighted by atomic mass is 10.1. The Morgan fingerprint density at radius 1 is 1.33 bits per heavy atom. The molecule has 1 aromatic carbocycles. The smallest absolute Gasteiger partial charge is 0.290 e. The number of aromatic amines is 1. The molecule has 1 N–H and O–H groups in total. The first-order valence-electron chi connectivity index (χ1n) is 5.95. The van der Waals surface area contributed by atoms with Crippen LogP contribution in [0, 0.1) is 19.7 Å². The van der Waals surface area contributed by atoms with E-state index in [0.29, 0.717) is 22.0 Å². The third-order valence-electron chi connectivity index (χ3n) is 3.51. The molecule has 0 saturated heterocycles. The van der Waals surface area contributed by atoms with E-state index in [1.165, 1.54) is 6.07 Å². The van der Waals surface area contributed by atoms with Gasteiger partial charge in [-0.3, -0.25) is 14.3 Å². The van der Waals surface area contributed by atoms with Crippen LogP contribution in [0.1, 0.15) is 30.0 Å². The minimum absolute atomic E-state index is 0.139. The number of fused-ring (bicyclic) bond motifs is 1. The van der Waals surface area contributed by atoms with Crippen molar-refractivity contribution in [3.8, 4) is 0 Å². The fraction of sp³-hybridized carbons (Fsp3) is 0.385. The first-order chi connectivity index (χ1) is 8.50. The zero-order chi connectivity index (χ0) is 13.0. The van der Waals surface area contributed by atoms with Crippen LogP contribution < -0.4 is 11.2 Å². The molecular weight excluding hydrogens is 235 g/mol. The molecule has 1 fully saturated rings. The molecule has 0 aliphatic heterocycles. The number of rotatable bonds is 1. The van der Waals surface area contributed by atoms with Gasteiger partial charge in [-0.1, -0.05) is 0 Å². The highest BCUT2D eigenvalue weighted by Crippen LogP contribution is 2.36. The Morgan fingerprint density at radius 2 is 2.00 bits per heavy atom. The Balaban J connectivity index is 2.61. The summed E-state index contributed by atoms with van der Waals surface area (Å²) in [5.41, 5.74) is 0.593. The number of aromatic nitrogens is 2. The molecule has 4 nitrogen and oxygen atoms in total. The van der Waals surface area contributed by atoms with Gasteiger partial charge in [0, 0.05) is 6.04 Å². The van der Waals surface area contributed by atoms with Crippen LogP contribution in [0.4, 0.5) is 4.39 Å². The van der Waals surface area contributed by atoms with Gasteiger partial charge in [0.15, 0.2) is 0 Å². The van der Waals surface area contributed by atoms with Crippen LogP contribution in [0.5, 0.6) is 0 Å². The molecule has 0 spiro atoms. The molecule has 94 valence electrons. The van der Waals surface area contributed by atoms with E-state index in [-0.39, 0.29) is 6.04 Å². The molecule has 1 aromatic heterocycles. The summed E-state index contributed by atoms with van der Waals surface area (Å²) in [5.74, 6) is -0.411. The number of nitrogens with zero attached hydrogens (tertiary/aromatic N) is 1. The van der Waals surface area contributed by atoms with Crippen LogP contribution >= 0.6 is 0 Å². The van der Waals surface area contributed by atoms with Crippen molar-refractivity contribution in [2.75, 3.05) is 0 Å². The van der Waals surface area contributed by atoms with Crippen LogP contribution in [0.25, 0.3) is 10.9 Å². The van der Waals surface area contributed by atoms with E-state index >= 15 is 0 Å². The molecule has 0 amide bonds. The third-order valence-corrected chi connectivity index (χ3v) is 3.51. The fourth-order valence-corrected chi connectivity index (χ4v) is 2.45. The monoisotopic (exact) mass is 248 g/mol. The van der Waals surface area contributed by atoms with Crippen LogP contribution in [-0.4, -0.2) is 9.55 Å². The van der Waals surface area contributed by atoms with E-state index in [1.54, 1.807) is 18.4 Å². The number of nitrogens with one attached hydrogen (secondary N) is 1. The largest absolute Gasteiger partial charge is 0.329 e. The van der Waals surface area contributed by atoms with Gasteiger partial charge in [-0.2, -0.15) is 0 Å². The second kappa shape index (κ2) is 3.54. The topological polar surface area (TPSA) is 54.9 Å². The summed E-state index contributed by atoms with van der Waals surface area (Å²) in [5, 5.41) is 0.291. The maximum absolute atomic E-state index is 13.7. The summed E-state index contributed by atoms with van der Waals surface area (Å²) in [6, 6.07) is 1.52. The second-order valence-corrected chi connectivity index (χ2v) is 4.88. The standard InChI is InChI=1S/C13H13FN2O2/c1-6-5-9(14)7(2)10-11(6)16(8-3-4-8)13(18)15-12(10)17/h5,8H,3-4H2,1-2H3,(H,15,17,18). The van der Waals surface area contributed by atoms with Crippen molar-refractivity contribution in [1.29, 1.82) is 0 Å². The predicted molar refractivity (Wildman–Crippen MR) is 66.5 cm³/mol. The summed E-state index contributed by atoms with van der Waals surface area (Å²) in [6.07, 6.45) is 1.85. The van der Waals surface area contributed by atoms with Gasteiger partial charge in [0.25, 0.3) is 5.56 Å². The molecule has 0 bridgehead atoms. The van der Waals surface area contributed by atoms with Crippen molar-refractivity contribution in [3.05, 3.63) is 43.8 Å². The highest BCUT2D eigenvalue weighted by Gasteiger charge is 2.28. The maximum Gasteiger partial charge on any atom is 0.329 e. The lowest BCUT2D eigenvalue weighted by Crippen LogP contribution is -2.30. The highest BCUT2D eigenvalue weighted by atomic mass is 19.1. The van der Waals surface area contributed by atoms with Crippen molar-refractivity contribution < 1.29 is 4.39 Å². The summed E-state index contributed by atoms with van der Waals surface area (Å²) in [7, 11) is 0. The normalized spacial score (nSPS) is 15.3. The van der Waals surface area contributed by atoms with Crippen LogP contribution in [0.3, 0.4) is 0 Å². The van der Waals surface area contributed by atoms with Gasteiger partial charge in [-0.05, 0) is 43.9 Å². The van der Waals surface area contributed by atoms with Crippen LogP contribution in [-0.2, 0) is 0 Å². The number of halogens is 1. The summed E-state index contributed by atoms with van der Waals surface area (Å²) in [6.45, 7) is 3.29. The van der Waals surface area contributed by atoms with E-state index in [0.717, 1.165) is 12.8 Å². The molecule has 0 unspecified atom stereocenters. The molecular formula is C13H13FN2O2. The Kier molecular flexibility index (Phi) is 2.20. The molecule has 1 heterocycles. The minimum Gasteiger partial charge on any atom is -0.290 e. The minimum atomic E-state index is -0.507. The van der Waals surface area contributed by atoms with E-state index in [2.05, 4.69) is 4.98 Å². The van der Waals surface area contributed by atoms with E-state index in [4.69, 9.17) is 0 Å². The molecule has 0 radical (unpaired) electrons. The van der Waals surface area contributed by atoms with Gasteiger partial charge >= 0.3 is 5.69 Å². The Hall–Kier alpha value is -1.91. The average Bonchev–Trinajstić information content (AvgIpc) is 3.09. The van der Waals surface area contributed by atoms with Crippen molar-refractivity contribution in [2.45, 2.75) is 32.7 Å². The number of aryl methyl sites for hydroxylation is 2. The zero-order valence-corrected chi connectivity index (χ0v) is 10.2. The van der Waals surface area contributed by atoms with Gasteiger partial charge in [0.1, 0.15) is 5.82 Å². The van der Waals surface area contributed by atoms with Gasteiger partial charge in [-0.25, -0.2) is 9.18 Å². The van der Waals surface area contributed by atoms with Crippen molar-refractivity contribution in [1.82, 2.24) is 9.55 Å².